The van der Waals surface area contributed by atoms with Crippen LogP contribution in [0.1, 0.15) is 45.1 Å². The van der Waals surface area contributed by atoms with Crippen LogP contribution in [0.15, 0.2) is 12.4 Å². The van der Waals surface area contributed by atoms with Crippen LogP contribution < -0.4 is 5.73 Å². The fourth-order valence-corrected chi connectivity index (χ4v) is 2.86. The van der Waals surface area contributed by atoms with Gasteiger partial charge in [0.1, 0.15) is 0 Å². The molecule has 2 rings (SSSR count). The molecule has 0 bridgehead atoms. The first-order valence-electron chi connectivity index (χ1n) is 6.29. The van der Waals surface area contributed by atoms with Crippen LogP contribution in [-0.2, 0) is 12.6 Å². The third kappa shape index (κ3) is 2.14. The average molecular weight is 221 g/mol. The molecule has 3 nitrogen and oxygen atoms in total. The Morgan fingerprint density at radius 3 is 2.88 bits per heavy atom. The van der Waals surface area contributed by atoms with Crippen LogP contribution in [0, 0.1) is 11.8 Å². The van der Waals surface area contributed by atoms with E-state index in [-0.39, 0.29) is 5.54 Å². The lowest BCUT2D eigenvalue weighted by atomic mass is 9.70. The van der Waals surface area contributed by atoms with E-state index in [0.29, 0.717) is 0 Å². The Balaban J connectivity index is 2.18. The third-order valence-electron chi connectivity index (χ3n) is 4.05. The van der Waals surface area contributed by atoms with Gasteiger partial charge in [0.15, 0.2) is 0 Å². The van der Waals surface area contributed by atoms with E-state index in [2.05, 4.69) is 25.1 Å². The van der Waals surface area contributed by atoms with Crippen molar-refractivity contribution < 1.29 is 0 Å². The molecule has 2 unspecified atom stereocenters. The van der Waals surface area contributed by atoms with Crippen LogP contribution in [0.4, 0.5) is 0 Å². The molecule has 1 fully saturated rings. The van der Waals surface area contributed by atoms with Gasteiger partial charge in [-0.2, -0.15) is 5.10 Å². The minimum Gasteiger partial charge on any atom is -0.321 e. The summed E-state index contributed by atoms with van der Waals surface area (Å²) in [6.07, 6.45) is 8.79. The Hall–Kier alpha value is -0.830. The molecular weight excluding hydrogens is 198 g/mol. The Morgan fingerprint density at radius 1 is 1.56 bits per heavy atom. The molecule has 1 aliphatic carbocycles. The Kier molecular flexibility index (Phi) is 3.06. The highest BCUT2D eigenvalue weighted by Gasteiger charge is 2.36. The molecular formula is C13H23N3. The third-order valence-corrected chi connectivity index (χ3v) is 4.05. The second-order valence-corrected chi connectivity index (χ2v) is 5.66. The summed E-state index contributed by atoms with van der Waals surface area (Å²) < 4.78 is 1.85. The number of hydrogen-bond donors (Lipinski definition) is 1. The van der Waals surface area contributed by atoms with Crippen LogP contribution >= 0.6 is 0 Å². The van der Waals surface area contributed by atoms with Crippen molar-refractivity contribution in [3.63, 3.8) is 0 Å². The Labute approximate surface area is 98.0 Å². The van der Waals surface area contributed by atoms with Crippen molar-refractivity contribution in [1.82, 2.24) is 9.78 Å². The summed E-state index contributed by atoms with van der Waals surface area (Å²) in [6, 6.07) is 0. The van der Waals surface area contributed by atoms with E-state index in [1.54, 1.807) is 0 Å². The number of hydrogen-bond acceptors (Lipinski definition) is 2. The molecule has 0 saturated heterocycles. The molecule has 1 aliphatic rings. The van der Waals surface area contributed by atoms with Gasteiger partial charge in [0.2, 0.25) is 0 Å². The van der Waals surface area contributed by atoms with Crippen molar-refractivity contribution in [2.24, 2.45) is 24.6 Å². The molecule has 1 saturated carbocycles. The fourth-order valence-electron chi connectivity index (χ4n) is 2.86. The summed E-state index contributed by atoms with van der Waals surface area (Å²) in [5.41, 5.74) is 7.64. The SMILES string of the molecule is CC(C)C1CCCC(N)(c2cnn(C)c2)C1. The number of nitrogens with two attached hydrogens (primary N) is 1. The maximum absolute atomic E-state index is 6.57. The maximum atomic E-state index is 6.57. The fraction of sp³-hybridized carbons (Fsp3) is 0.769. The predicted molar refractivity (Wildman–Crippen MR) is 65.9 cm³/mol. The van der Waals surface area contributed by atoms with Gasteiger partial charge in [-0.3, -0.25) is 4.68 Å². The van der Waals surface area contributed by atoms with E-state index in [0.717, 1.165) is 24.7 Å². The van der Waals surface area contributed by atoms with Crippen molar-refractivity contribution >= 4 is 0 Å². The molecule has 1 heterocycles. The lowest BCUT2D eigenvalue weighted by Crippen LogP contribution is -2.42. The van der Waals surface area contributed by atoms with Gasteiger partial charge in [-0.05, 0) is 24.7 Å². The van der Waals surface area contributed by atoms with Crippen LogP contribution in [0.2, 0.25) is 0 Å². The van der Waals surface area contributed by atoms with Crippen LogP contribution in [-0.4, -0.2) is 9.78 Å². The van der Waals surface area contributed by atoms with Gasteiger partial charge < -0.3 is 5.73 Å². The van der Waals surface area contributed by atoms with E-state index in [9.17, 15) is 0 Å². The van der Waals surface area contributed by atoms with E-state index in [4.69, 9.17) is 5.73 Å². The molecule has 0 aromatic carbocycles. The first-order chi connectivity index (χ1) is 7.51. The van der Waals surface area contributed by atoms with Crippen molar-refractivity contribution in [2.75, 3.05) is 0 Å². The standard InChI is InChI=1S/C13H23N3/c1-10(2)11-5-4-6-13(14,7-11)12-8-15-16(3)9-12/h8-11H,4-7,14H2,1-3H3. The molecule has 1 aromatic heterocycles. The quantitative estimate of drug-likeness (QED) is 0.833. The molecule has 1 aromatic rings. The zero-order valence-corrected chi connectivity index (χ0v) is 10.6. The van der Waals surface area contributed by atoms with Crippen molar-refractivity contribution in [3.05, 3.63) is 18.0 Å². The van der Waals surface area contributed by atoms with Crippen molar-refractivity contribution in [3.8, 4) is 0 Å². The first kappa shape index (κ1) is 11.6. The van der Waals surface area contributed by atoms with Gasteiger partial charge in [-0.1, -0.05) is 26.7 Å². The minimum atomic E-state index is -0.137. The van der Waals surface area contributed by atoms with Crippen molar-refractivity contribution in [1.29, 1.82) is 0 Å². The molecule has 3 heteroatoms. The van der Waals surface area contributed by atoms with Crippen LogP contribution in [0.3, 0.4) is 0 Å². The highest BCUT2D eigenvalue weighted by atomic mass is 15.2. The molecule has 0 amide bonds. The van der Waals surface area contributed by atoms with Gasteiger partial charge in [-0.15, -0.1) is 0 Å². The van der Waals surface area contributed by atoms with Gasteiger partial charge >= 0.3 is 0 Å². The summed E-state index contributed by atoms with van der Waals surface area (Å²) >= 11 is 0. The first-order valence-corrected chi connectivity index (χ1v) is 6.29. The normalized spacial score (nSPS) is 30.9. The number of rotatable bonds is 2. The van der Waals surface area contributed by atoms with Crippen LogP contribution in [0.25, 0.3) is 0 Å². The zero-order valence-electron chi connectivity index (χ0n) is 10.6. The smallest absolute Gasteiger partial charge is 0.0540 e. The average Bonchev–Trinajstić information content (AvgIpc) is 2.65. The highest BCUT2D eigenvalue weighted by molar-refractivity contribution is 5.18. The summed E-state index contributed by atoms with van der Waals surface area (Å²) in [5, 5.41) is 4.24. The number of aryl methyl sites for hydroxylation is 1. The summed E-state index contributed by atoms with van der Waals surface area (Å²) in [4.78, 5) is 0. The maximum Gasteiger partial charge on any atom is 0.0540 e. The molecule has 90 valence electrons. The molecule has 0 spiro atoms. The van der Waals surface area contributed by atoms with E-state index in [1.807, 2.05) is 17.9 Å². The molecule has 2 N–H and O–H groups in total. The molecule has 16 heavy (non-hydrogen) atoms. The number of nitrogens with zero attached hydrogens (tertiary/aromatic N) is 2. The largest absolute Gasteiger partial charge is 0.321 e. The van der Waals surface area contributed by atoms with Gasteiger partial charge in [0.25, 0.3) is 0 Å². The van der Waals surface area contributed by atoms with E-state index >= 15 is 0 Å². The zero-order chi connectivity index (χ0) is 11.8. The molecule has 2 atom stereocenters. The summed E-state index contributed by atoms with van der Waals surface area (Å²) in [6.45, 7) is 4.61. The topological polar surface area (TPSA) is 43.8 Å². The van der Waals surface area contributed by atoms with E-state index in [1.165, 1.54) is 18.4 Å². The van der Waals surface area contributed by atoms with Gasteiger partial charge in [0.05, 0.1) is 6.20 Å². The summed E-state index contributed by atoms with van der Waals surface area (Å²) in [5.74, 6) is 1.50. The monoisotopic (exact) mass is 221 g/mol. The highest BCUT2D eigenvalue weighted by Crippen LogP contribution is 2.40. The second-order valence-electron chi connectivity index (χ2n) is 5.66. The molecule has 0 radical (unpaired) electrons. The van der Waals surface area contributed by atoms with E-state index < -0.39 is 0 Å². The minimum absolute atomic E-state index is 0.137. The van der Waals surface area contributed by atoms with Crippen LogP contribution in [0.5, 0.6) is 0 Å². The summed E-state index contributed by atoms with van der Waals surface area (Å²) in [7, 11) is 1.95. The Morgan fingerprint density at radius 2 is 2.31 bits per heavy atom. The number of aromatic nitrogens is 2. The lowest BCUT2D eigenvalue weighted by molar-refractivity contribution is 0.184. The Bertz CT molecular complexity index is 356. The lowest BCUT2D eigenvalue weighted by Gasteiger charge is -2.39. The molecule has 0 aliphatic heterocycles. The van der Waals surface area contributed by atoms with Gasteiger partial charge in [-0.25, -0.2) is 0 Å². The predicted octanol–water partition coefficient (Wildman–Crippen LogP) is 2.42. The van der Waals surface area contributed by atoms with Crippen molar-refractivity contribution in [2.45, 2.75) is 45.1 Å². The van der Waals surface area contributed by atoms with Gasteiger partial charge in [0, 0.05) is 24.3 Å². The second kappa shape index (κ2) is 4.21.